The molecule has 0 heterocycles. The summed E-state index contributed by atoms with van der Waals surface area (Å²) in [6.07, 6.45) is -15.0. The fourth-order valence-electron chi connectivity index (χ4n) is 1.36. The average Bonchev–Trinajstić information content (AvgIpc) is 2.49. The van der Waals surface area contributed by atoms with Gasteiger partial charge in [0.1, 0.15) is 5.57 Å². The van der Waals surface area contributed by atoms with Crippen molar-refractivity contribution in [2.45, 2.75) is 35.7 Å². The lowest BCUT2D eigenvalue weighted by molar-refractivity contribution is -0.356. The van der Waals surface area contributed by atoms with Gasteiger partial charge in [-0.25, -0.2) is 18.0 Å². The highest BCUT2D eigenvalue weighted by molar-refractivity contribution is 7.86. The van der Waals surface area contributed by atoms with Gasteiger partial charge >= 0.3 is 41.3 Å². The number of carbonyl (C=O) groups excluding carboxylic acids is 1. The van der Waals surface area contributed by atoms with E-state index in [0.717, 1.165) is 0 Å². The molecule has 1 unspecified atom stereocenters. The summed E-state index contributed by atoms with van der Waals surface area (Å²) in [6.45, 7) is -0.496. The maximum absolute atomic E-state index is 13.2. The highest BCUT2D eigenvalue weighted by atomic mass is 32.2. The molecule has 0 amide bonds. The van der Waals surface area contributed by atoms with Gasteiger partial charge in [0.2, 0.25) is 0 Å². The second-order valence-corrected chi connectivity index (χ2v) is 6.48. The minimum atomic E-state index is -7.07. The monoisotopic (exact) mass is 489 g/mol. The Bertz CT molecular complexity index is 800. The molecule has 0 spiro atoms. The van der Waals surface area contributed by atoms with Gasteiger partial charge in [-0.1, -0.05) is 6.58 Å². The number of alkyl halides is 10. The van der Waals surface area contributed by atoms with Crippen LogP contribution in [0.15, 0.2) is 12.2 Å². The van der Waals surface area contributed by atoms with Crippen molar-refractivity contribution in [3.63, 3.8) is 0 Å². The lowest BCUT2D eigenvalue weighted by Crippen LogP contribution is -2.58. The number of hydrogen-bond acceptors (Lipinski definition) is 7. The Kier molecular flexibility index (Phi) is 7.59. The molecule has 0 saturated heterocycles. The van der Waals surface area contributed by atoms with E-state index in [4.69, 9.17) is 5.11 Å². The van der Waals surface area contributed by atoms with Gasteiger partial charge in [-0.15, -0.1) is 0 Å². The number of aliphatic carboxylic acids is 1. The summed E-state index contributed by atoms with van der Waals surface area (Å²) >= 11 is 0. The summed E-state index contributed by atoms with van der Waals surface area (Å²) in [5, 5.41) is 2.20. The van der Waals surface area contributed by atoms with E-state index >= 15 is 0 Å². The molecule has 0 aromatic carbocycles. The largest absolute Gasteiger partial charge is 0.743 e. The number of halogens is 10. The number of ether oxygens (including phenoxy) is 2. The maximum atomic E-state index is 13.2. The van der Waals surface area contributed by atoms with Gasteiger partial charge in [-0.2, -0.15) is 43.9 Å². The number of carboxylic acid groups (broad SMARTS) is 1. The molecule has 176 valence electrons. The zero-order valence-electron chi connectivity index (χ0n) is 13.6. The van der Waals surface area contributed by atoms with Gasteiger partial charge < -0.3 is 19.1 Å². The van der Waals surface area contributed by atoms with Gasteiger partial charge in [-0.3, -0.25) is 0 Å². The first kappa shape index (κ1) is 27.8. The van der Waals surface area contributed by atoms with Crippen LogP contribution in [0, 0.1) is 0 Å². The van der Waals surface area contributed by atoms with Crippen LogP contribution in [0.2, 0.25) is 0 Å². The smallest absolute Gasteiger partial charge is 0.468 e. The minimum Gasteiger partial charge on any atom is -0.743 e. The predicted octanol–water partition coefficient (Wildman–Crippen LogP) is 2.17. The fourth-order valence-corrected chi connectivity index (χ4v) is 1.82. The van der Waals surface area contributed by atoms with Crippen molar-refractivity contribution in [3.05, 3.63) is 12.2 Å². The Morgan fingerprint density at radius 1 is 0.967 bits per heavy atom. The molecule has 0 radical (unpaired) electrons. The van der Waals surface area contributed by atoms with E-state index in [0.29, 0.717) is 0 Å². The van der Waals surface area contributed by atoms with E-state index in [1.54, 1.807) is 0 Å². The molecule has 8 nitrogen and oxygen atoms in total. The highest BCUT2D eigenvalue weighted by Crippen LogP contribution is 2.42. The van der Waals surface area contributed by atoms with Crippen LogP contribution in [0.25, 0.3) is 0 Å². The molecule has 0 saturated carbocycles. The molecule has 0 aliphatic heterocycles. The molecular formula is C11H7F10O8S-. The van der Waals surface area contributed by atoms with E-state index in [-0.39, 0.29) is 0 Å². The zero-order chi connectivity index (χ0) is 24.6. The molecule has 0 rings (SSSR count). The Balaban J connectivity index is 5.89. The second kappa shape index (κ2) is 8.17. The van der Waals surface area contributed by atoms with E-state index < -0.39 is 70.0 Å². The molecule has 1 atom stereocenters. The van der Waals surface area contributed by atoms with Crippen LogP contribution in [0.1, 0.15) is 6.42 Å². The third-order valence-electron chi connectivity index (χ3n) is 2.94. The number of rotatable bonds is 9. The number of carboxylic acids is 1. The maximum Gasteiger partial charge on any atom is 0.468 e. The lowest BCUT2D eigenvalue weighted by Gasteiger charge is -2.32. The summed E-state index contributed by atoms with van der Waals surface area (Å²) in [5.74, 6) is -17.9. The first-order valence-electron chi connectivity index (χ1n) is 6.58. The van der Waals surface area contributed by atoms with Crippen LogP contribution in [-0.4, -0.2) is 65.9 Å². The topological polar surface area (TPSA) is 130 Å². The second-order valence-electron chi connectivity index (χ2n) is 5.06. The highest BCUT2D eigenvalue weighted by Gasteiger charge is 2.68. The van der Waals surface area contributed by atoms with Gasteiger partial charge in [0.15, 0.2) is 10.1 Å². The van der Waals surface area contributed by atoms with Crippen LogP contribution >= 0.6 is 0 Å². The fraction of sp³-hybridized carbons (Fsp3) is 0.636. The number of carbonyl (C=O) groups is 2. The van der Waals surface area contributed by atoms with Crippen molar-refractivity contribution in [3.8, 4) is 0 Å². The molecule has 0 bridgehead atoms. The minimum absolute atomic E-state index is 1.99. The molecule has 0 aliphatic carbocycles. The number of hydrogen-bond donors (Lipinski definition) is 1. The van der Waals surface area contributed by atoms with Crippen LogP contribution in [0.5, 0.6) is 0 Å². The van der Waals surface area contributed by atoms with Crippen molar-refractivity contribution < 1.29 is 81.0 Å². The van der Waals surface area contributed by atoms with E-state index in [1.807, 2.05) is 6.58 Å². The van der Waals surface area contributed by atoms with Crippen LogP contribution < -0.4 is 0 Å². The summed E-state index contributed by atoms with van der Waals surface area (Å²) in [7, 11) is -7.07. The van der Waals surface area contributed by atoms with Crippen molar-refractivity contribution >= 4 is 22.1 Å². The van der Waals surface area contributed by atoms with Crippen molar-refractivity contribution in [1.29, 1.82) is 0 Å². The zero-order valence-corrected chi connectivity index (χ0v) is 14.4. The summed E-state index contributed by atoms with van der Waals surface area (Å²) in [4.78, 5) is 22.0. The van der Waals surface area contributed by atoms with Crippen molar-refractivity contribution in [2.24, 2.45) is 0 Å². The number of esters is 1. The lowest BCUT2D eigenvalue weighted by atomic mass is 10.2. The average molecular weight is 489 g/mol. The van der Waals surface area contributed by atoms with Crippen LogP contribution in [0.3, 0.4) is 0 Å². The van der Waals surface area contributed by atoms with Gasteiger partial charge in [-0.05, 0) is 0 Å². The molecule has 0 aromatic heterocycles. The Morgan fingerprint density at radius 3 is 1.70 bits per heavy atom. The SMILES string of the molecule is C=C(C(=O)OC(OCCC(F)(F)C(F)(F)S(=O)(=O)[O-])(C(=O)O)C(F)(F)F)C(F)(F)F. The van der Waals surface area contributed by atoms with Crippen LogP contribution in [0.4, 0.5) is 43.9 Å². The van der Waals surface area contributed by atoms with Crippen molar-refractivity contribution in [1.82, 2.24) is 0 Å². The summed E-state index contributed by atoms with van der Waals surface area (Å²) < 4.78 is 165. The molecule has 0 aliphatic rings. The first-order valence-corrected chi connectivity index (χ1v) is 7.99. The molecular weight excluding hydrogens is 482 g/mol. The summed E-state index contributed by atoms with van der Waals surface area (Å²) in [5.41, 5.74) is -2.68. The molecule has 0 fully saturated rings. The predicted molar refractivity (Wildman–Crippen MR) is 67.9 cm³/mol. The standard InChI is InChI=1S/C11H8F10O8S/c1-4(9(14,15)16)5(22)29-8(6(23)24,10(17,18)19)28-3-2-7(12,13)11(20,21)30(25,26)27/h1-3H2,(H,23,24)(H,25,26,27)/p-1. The summed E-state index contributed by atoms with van der Waals surface area (Å²) in [6, 6.07) is 0. The Labute approximate surface area is 158 Å². The van der Waals surface area contributed by atoms with E-state index in [9.17, 15) is 66.5 Å². The van der Waals surface area contributed by atoms with E-state index in [1.165, 1.54) is 0 Å². The Morgan fingerprint density at radius 2 is 1.40 bits per heavy atom. The third-order valence-corrected chi connectivity index (χ3v) is 3.87. The van der Waals surface area contributed by atoms with Crippen molar-refractivity contribution in [2.75, 3.05) is 6.61 Å². The molecule has 0 aromatic rings. The normalized spacial score (nSPS) is 16.0. The Hall–Kier alpha value is -2.15. The van der Waals surface area contributed by atoms with Gasteiger partial charge in [0.05, 0.1) is 6.61 Å². The van der Waals surface area contributed by atoms with Gasteiger partial charge in [0.25, 0.3) is 0 Å². The molecule has 19 heteroatoms. The van der Waals surface area contributed by atoms with Crippen LogP contribution in [-0.2, 0) is 29.2 Å². The van der Waals surface area contributed by atoms with E-state index in [2.05, 4.69) is 9.47 Å². The molecule has 30 heavy (non-hydrogen) atoms. The third kappa shape index (κ3) is 5.50. The quantitative estimate of drug-likeness (QED) is 0.172. The van der Waals surface area contributed by atoms with Gasteiger partial charge in [0, 0.05) is 6.42 Å². The first-order chi connectivity index (χ1) is 12.9. The molecule has 1 N–H and O–H groups in total.